The van der Waals surface area contributed by atoms with Crippen LogP contribution in [-0.2, 0) is 19.0 Å². The Morgan fingerprint density at radius 2 is 1.71 bits per heavy atom. The lowest BCUT2D eigenvalue weighted by atomic mass is 9.67. The minimum atomic E-state index is -0.677. The lowest BCUT2D eigenvalue weighted by Gasteiger charge is -2.37. The molecule has 1 N–H and O–H groups in total. The summed E-state index contributed by atoms with van der Waals surface area (Å²) in [7, 11) is 1.63. The van der Waals surface area contributed by atoms with Crippen LogP contribution in [0.1, 0.15) is 25.7 Å². The number of carboxylic acid groups (broad SMARTS) is 1. The summed E-state index contributed by atoms with van der Waals surface area (Å²) in [5.74, 6) is -0.677. The Labute approximate surface area is 102 Å². The molecule has 1 rings (SSSR count). The van der Waals surface area contributed by atoms with Crippen molar-refractivity contribution in [3.63, 3.8) is 0 Å². The maximum Gasteiger partial charge on any atom is 0.309 e. The number of aliphatic carboxylic acids is 1. The summed E-state index contributed by atoms with van der Waals surface area (Å²) in [5.41, 5.74) is -0.503. The molecule has 17 heavy (non-hydrogen) atoms. The van der Waals surface area contributed by atoms with Gasteiger partial charge in [0.25, 0.3) is 0 Å². The highest BCUT2D eigenvalue weighted by Crippen LogP contribution is 2.44. The van der Waals surface area contributed by atoms with Gasteiger partial charge in [0.1, 0.15) is 0 Å². The van der Waals surface area contributed by atoms with E-state index in [4.69, 9.17) is 19.3 Å². The molecule has 0 unspecified atom stereocenters. The normalized spacial score (nSPS) is 17.7. The van der Waals surface area contributed by atoms with E-state index < -0.39 is 11.4 Å². The summed E-state index contributed by atoms with van der Waals surface area (Å²) >= 11 is 0. The van der Waals surface area contributed by atoms with Crippen LogP contribution in [0.5, 0.6) is 0 Å². The van der Waals surface area contributed by atoms with Crippen LogP contribution in [0.4, 0.5) is 0 Å². The highest BCUT2D eigenvalue weighted by molar-refractivity contribution is 5.75. The molecule has 0 aromatic rings. The van der Waals surface area contributed by atoms with E-state index in [1.165, 1.54) is 0 Å². The third-order valence-electron chi connectivity index (χ3n) is 3.29. The first-order chi connectivity index (χ1) is 8.21. The van der Waals surface area contributed by atoms with Crippen molar-refractivity contribution >= 4 is 5.97 Å². The van der Waals surface area contributed by atoms with Gasteiger partial charge in [0.15, 0.2) is 0 Å². The second-order valence-electron chi connectivity index (χ2n) is 4.41. The summed E-state index contributed by atoms with van der Waals surface area (Å²) in [6.45, 7) is 2.70. The summed E-state index contributed by atoms with van der Waals surface area (Å²) in [6, 6.07) is 0. The maximum atomic E-state index is 11.0. The van der Waals surface area contributed by atoms with Crippen LogP contribution in [0, 0.1) is 5.41 Å². The minimum absolute atomic E-state index is 0.500. The van der Waals surface area contributed by atoms with Crippen LogP contribution >= 0.6 is 0 Å². The molecular weight excluding hydrogens is 224 g/mol. The summed E-state index contributed by atoms with van der Waals surface area (Å²) in [5, 5.41) is 9.09. The minimum Gasteiger partial charge on any atom is -0.481 e. The Kier molecular flexibility index (Phi) is 6.47. The molecule has 0 atom stereocenters. The van der Waals surface area contributed by atoms with E-state index in [1.54, 1.807) is 7.11 Å². The van der Waals surface area contributed by atoms with Crippen molar-refractivity contribution in [1.82, 2.24) is 0 Å². The highest BCUT2D eigenvalue weighted by atomic mass is 16.5. The molecule has 5 nitrogen and oxygen atoms in total. The maximum absolute atomic E-state index is 11.0. The molecule has 1 aliphatic carbocycles. The highest BCUT2D eigenvalue weighted by Gasteiger charge is 2.43. The molecule has 5 heteroatoms. The van der Waals surface area contributed by atoms with Gasteiger partial charge in [-0.25, -0.2) is 0 Å². The van der Waals surface area contributed by atoms with Gasteiger partial charge in [-0.15, -0.1) is 0 Å². The van der Waals surface area contributed by atoms with E-state index in [2.05, 4.69) is 0 Å². The Hall–Kier alpha value is -0.650. The quantitative estimate of drug-likeness (QED) is 0.589. The largest absolute Gasteiger partial charge is 0.481 e. The molecule has 0 spiro atoms. The topological polar surface area (TPSA) is 65.0 Å². The van der Waals surface area contributed by atoms with Crippen LogP contribution < -0.4 is 0 Å². The van der Waals surface area contributed by atoms with E-state index in [0.717, 1.165) is 19.3 Å². The Morgan fingerprint density at radius 1 is 1.12 bits per heavy atom. The van der Waals surface area contributed by atoms with Gasteiger partial charge in [-0.05, 0) is 19.3 Å². The smallest absolute Gasteiger partial charge is 0.309 e. The van der Waals surface area contributed by atoms with Gasteiger partial charge >= 0.3 is 5.97 Å². The first-order valence-electron chi connectivity index (χ1n) is 6.09. The van der Waals surface area contributed by atoms with Crippen molar-refractivity contribution in [3.8, 4) is 0 Å². The lowest BCUT2D eigenvalue weighted by molar-refractivity contribution is -0.156. The molecule has 0 heterocycles. The fraction of sp³-hybridized carbons (Fsp3) is 0.917. The summed E-state index contributed by atoms with van der Waals surface area (Å²) in [6.07, 6.45) is 3.21. The van der Waals surface area contributed by atoms with Crippen LogP contribution in [0.15, 0.2) is 0 Å². The molecule has 0 aliphatic heterocycles. The Balaban J connectivity index is 1.95. The summed E-state index contributed by atoms with van der Waals surface area (Å²) in [4.78, 5) is 11.0. The molecule has 100 valence electrons. The Morgan fingerprint density at radius 3 is 2.18 bits per heavy atom. The van der Waals surface area contributed by atoms with Crippen molar-refractivity contribution in [2.45, 2.75) is 25.7 Å². The molecule has 0 amide bonds. The second kappa shape index (κ2) is 7.63. The first-order valence-corrected chi connectivity index (χ1v) is 6.09. The van der Waals surface area contributed by atoms with E-state index in [-0.39, 0.29) is 0 Å². The van der Waals surface area contributed by atoms with E-state index in [1.807, 2.05) is 0 Å². The molecule has 0 radical (unpaired) electrons. The van der Waals surface area contributed by atoms with Gasteiger partial charge in [-0.3, -0.25) is 4.79 Å². The molecule has 1 aliphatic rings. The Bertz CT molecular complexity index is 225. The molecular formula is C12H22O5. The summed E-state index contributed by atoms with van der Waals surface area (Å²) < 4.78 is 15.4. The molecule has 1 fully saturated rings. The van der Waals surface area contributed by atoms with Crippen LogP contribution in [0.25, 0.3) is 0 Å². The number of methoxy groups -OCH3 is 1. The van der Waals surface area contributed by atoms with Gasteiger partial charge in [-0.1, -0.05) is 6.42 Å². The molecule has 0 aromatic heterocycles. The zero-order valence-corrected chi connectivity index (χ0v) is 10.4. The predicted molar refractivity (Wildman–Crippen MR) is 62.1 cm³/mol. The predicted octanol–water partition coefficient (Wildman–Crippen LogP) is 1.31. The fourth-order valence-corrected chi connectivity index (χ4v) is 1.91. The number of hydrogen-bond acceptors (Lipinski definition) is 4. The average Bonchev–Trinajstić information content (AvgIpc) is 2.24. The average molecular weight is 246 g/mol. The molecule has 0 aromatic carbocycles. The fourth-order valence-electron chi connectivity index (χ4n) is 1.91. The van der Waals surface area contributed by atoms with Crippen molar-refractivity contribution in [2.24, 2.45) is 5.41 Å². The van der Waals surface area contributed by atoms with Crippen LogP contribution in [0.2, 0.25) is 0 Å². The van der Waals surface area contributed by atoms with Crippen molar-refractivity contribution in [1.29, 1.82) is 0 Å². The monoisotopic (exact) mass is 246 g/mol. The van der Waals surface area contributed by atoms with Gasteiger partial charge in [-0.2, -0.15) is 0 Å². The van der Waals surface area contributed by atoms with E-state index in [9.17, 15) is 4.79 Å². The van der Waals surface area contributed by atoms with Gasteiger partial charge < -0.3 is 19.3 Å². The van der Waals surface area contributed by atoms with Crippen molar-refractivity contribution in [2.75, 3.05) is 40.1 Å². The number of carbonyl (C=O) groups is 1. The number of hydrogen-bond donors (Lipinski definition) is 1. The number of carboxylic acids is 1. The zero-order chi connectivity index (χ0) is 12.6. The first kappa shape index (κ1) is 14.4. The van der Waals surface area contributed by atoms with Crippen molar-refractivity contribution < 1.29 is 24.1 Å². The van der Waals surface area contributed by atoms with Gasteiger partial charge in [0.05, 0.1) is 31.8 Å². The zero-order valence-electron chi connectivity index (χ0n) is 10.4. The molecule has 1 saturated carbocycles. The van der Waals surface area contributed by atoms with Gasteiger partial charge in [0, 0.05) is 13.7 Å². The van der Waals surface area contributed by atoms with Crippen LogP contribution in [0.3, 0.4) is 0 Å². The lowest BCUT2D eigenvalue weighted by Crippen LogP contribution is -2.38. The number of rotatable bonds is 10. The van der Waals surface area contributed by atoms with Crippen LogP contribution in [-0.4, -0.2) is 51.2 Å². The van der Waals surface area contributed by atoms with Gasteiger partial charge in [0.2, 0.25) is 0 Å². The third-order valence-corrected chi connectivity index (χ3v) is 3.29. The standard InChI is InChI=1S/C12H22O5/c1-15-7-8-17-10-9-16-6-5-12(11(13)14)3-2-4-12/h2-10H2,1H3,(H,13,14). The SMILES string of the molecule is COCCOCCOCCC1(C(=O)O)CCC1. The number of ether oxygens (including phenoxy) is 3. The van der Waals surface area contributed by atoms with E-state index >= 15 is 0 Å². The van der Waals surface area contributed by atoms with Crippen molar-refractivity contribution in [3.05, 3.63) is 0 Å². The van der Waals surface area contributed by atoms with E-state index in [0.29, 0.717) is 39.5 Å². The molecule has 0 bridgehead atoms. The molecule has 0 saturated heterocycles. The third kappa shape index (κ3) is 4.61. The second-order valence-corrected chi connectivity index (χ2v) is 4.41.